The fraction of sp³-hybridized carbons (Fsp3) is 0.0339. The van der Waals surface area contributed by atoms with Crippen molar-refractivity contribution in [3.05, 3.63) is 275 Å². The molecule has 10 aromatic rings. The van der Waals surface area contributed by atoms with E-state index in [4.69, 9.17) is 0 Å². The Morgan fingerprint density at radius 3 is 1.38 bits per heavy atom. The smallest absolute Gasteiger partial charge is 0.0991 e. The van der Waals surface area contributed by atoms with Crippen molar-refractivity contribution < 1.29 is 0 Å². The Bertz CT molecular complexity index is 3320. The van der Waals surface area contributed by atoms with Crippen LogP contribution in [-0.2, 0) is 10.8 Å². The first-order valence-corrected chi connectivity index (χ1v) is 20.7. The Hall–Kier alpha value is -7.79. The maximum Gasteiger partial charge on any atom is 0.0991 e. The second-order valence-corrected chi connectivity index (χ2v) is 16.2. The van der Waals surface area contributed by atoms with Crippen molar-refractivity contribution >= 4 is 21.5 Å². The molecule has 278 valence electrons. The monoisotopic (exact) mass is 759 g/mol. The van der Waals surface area contributed by atoms with Crippen LogP contribution in [0.3, 0.4) is 0 Å². The highest BCUT2D eigenvalue weighted by molar-refractivity contribution is 6.21. The van der Waals surface area contributed by atoms with Crippen LogP contribution in [0.25, 0.3) is 54.9 Å². The lowest BCUT2D eigenvalue weighted by atomic mass is 9.51. The molecule has 2 atom stereocenters. The molecule has 0 spiro atoms. The summed E-state index contributed by atoms with van der Waals surface area (Å²) in [5.74, 6) is 0. The molecule has 0 heterocycles. The zero-order valence-electron chi connectivity index (χ0n) is 32.8. The third-order valence-electron chi connectivity index (χ3n) is 13.4. The van der Waals surface area contributed by atoms with Crippen molar-refractivity contribution in [2.75, 3.05) is 0 Å². The Balaban J connectivity index is 1.20. The Kier molecular flexibility index (Phi) is 7.49. The second kappa shape index (κ2) is 13.1. The number of benzene rings is 10. The number of nitrogens with zero attached hydrogens (tertiary/aromatic N) is 1. The summed E-state index contributed by atoms with van der Waals surface area (Å²) in [5.41, 5.74) is 17.2. The van der Waals surface area contributed by atoms with Gasteiger partial charge in [-0.1, -0.05) is 206 Å². The van der Waals surface area contributed by atoms with Crippen molar-refractivity contribution in [3.8, 4) is 39.4 Å². The highest BCUT2D eigenvalue weighted by Gasteiger charge is 2.57. The van der Waals surface area contributed by atoms with Crippen LogP contribution in [0.2, 0.25) is 0 Å². The standard InChI is InChI=1S/C59H37N/c60-38-39-33-35-40(36-34-39)55-46-24-7-9-26-48(46)56(49-27-10-8-25-47(49)55)41-17-15-22-44(37-41)58(42-18-3-1-4-19-42)52-30-13-14-31-53(52)59(43-20-5-2-6-21-43)51-29-12-11-23-45(51)50-28-16-32-54(58)57(50)59/h1-37H. The van der Waals surface area contributed by atoms with Gasteiger partial charge in [-0.25, -0.2) is 0 Å². The highest BCUT2D eigenvalue weighted by atomic mass is 14.6. The third kappa shape index (κ3) is 4.51. The molecule has 2 aliphatic rings. The van der Waals surface area contributed by atoms with E-state index in [-0.39, 0.29) is 0 Å². The lowest BCUT2D eigenvalue weighted by Crippen LogP contribution is -2.44. The largest absolute Gasteiger partial charge is 0.192 e. The Morgan fingerprint density at radius 1 is 0.317 bits per heavy atom. The molecule has 10 aromatic carbocycles. The lowest BCUT2D eigenvalue weighted by molar-refractivity contribution is 0.627. The van der Waals surface area contributed by atoms with Crippen LogP contribution in [0.1, 0.15) is 50.1 Å². The van der Waals surface area contributed by atoms with Crippen LogP contribution >= 0.6 is 0 Å². The average Bonchev–Trinajstić information content (AvgIpc) is 3.64. The molecule has 2 unspecified atom stereocenters. The summed E-state index contributed by atoms with van der Waals surface area (Å²) in [6, 6.07) is 85.1. The van der Waals surface area contributed by atoms with Gasteiger partial charge in [0.2, 0.25) is 0 Å². The van der Waals surface area contributed by atoms with E-state index in [1.165, 1.54) is 93.9 Å². The first-order chi connectivity index (χ1) is 29.7. The summed E-state index contributed by atoms with van der Waals surface area (Å²) >= 11 is 0. The molecular weight excluding hydrogens is 723 g/mol. The third-order valence-corrected chi connectivity index (χ3v) is 13.4. The second-order valence-electron chi connectivity index (χ2n) is 16.2. The first kappa shape index (κ1) is 34.3. The van der Waals surface area contributed by atoms with Crippen molar-refractivity contribution in [2.45, 2.75) is 10.8 Å². The molecule has 60 heavy (non-hydrogen) atoms. The van der Waals surface area contributed by atoms with Crippen LogP contribution in [0.5, 0.6) is 0 Å². The molecule has 0 aromatic heterocycles. The van der Waals surface area contributed by atoms with Crippen molar-refractivity contribution in [2.24, 2.45) is 0 Å². The molecule has 0 N–H and O–H groups in total. The number of nitriles is 1. The van der Waals surface area contributed by atoms with Crippen molar-refractivity contribution in [1.82, 2.24) is 0 Å². The molecule has 0 aliphatic heterocycles. The summed E-state index contributed by atoms with van der Waals surface area (Å²) in [6.07, 6.45) is 0. The molecule has 1 nitrogen and oxygen atoms in total. The van der Waals surface area contributed by atoms with Crippen LogP contribution < -0.4 is 0 Å². The minimum Gasteiger partial charge on any atom is -0.192 e. The summed E-state index contributed by atoms with van der Waals surface area (Å²) < 4.78 is 0. The fourth-order valence-electron chi connectivity index (χ4n) is 11.2. The van der Waals surface area contributed by atoms with E-state index >= 15 is 0 Å². The van der Waals surface area contributed by atoms with Gasteiger partial charge in [0, 0.05) is 0 Å². The molecule has 0 saturated carbocycles. The lowest BCUT2D eigenvalue weighted by Gasteiger charge is -2.49. The van der Waals surface area contributed by atoms with E-state index in [2.05, 4.69) is 218 Å². The predicted octanol–water partition coefficient (Wildman–Crippen LogP) is 14.3. The minimum atomic E-state index is -0.645. The molecular formula is C59H37N. The predicted molar refractivity (Wildman–Crippen MR) is 246 cm³/mol. The average molecular weight is 760 g/mol. The number of fused-ring (bicyclic) bond motifs is 7. The zero-order valence-corrected chi connectivity index (χ0v) is 32.8. The Labute approximate surface area is 350 Å². The van der Waals surface area contributed by atoms with Gasteiger partial charge in [-0.05, 0) is 118 Å². The van der Waals surface area contributed by atoms with E-state index in [1.807, 2.05) is 12.1 Å². The fourth-order valence-corrected chi connectivity index (χ4v) is 11.2. The molecule has 12 rings (SSSR count). The van der Waals surface area contributed by atoms with Gasteiger partial charge in [-0.3, -0.25) is 0 Å². The number of rotatable bonds is 5. The van der Waals surface area contributed by atoms with E-state index in [0.717, 1.165) is 5.56 Å². The maximum absolute atomic E-state index is 9.61. The van der Waals surface area contributed by atoms with Gasteiger partial charge in [0.1, 0.15) is 0 Å². The van der Waals surface area contributed by atoms with Gasteiger partial charge < -0.3 is 0 Å². The molecule has 0 radical (unpaired) electrons. The summed E-state index contributed by atoms with van der Waals surface area (Å²) in [6.45, 7) is 0. The zero-order chi connectivity index (χ0) is 39.8. The first-order valence-electron chi connectivity index (χ1n) is 20.7. The normalized spacial score (nSPS) is 17.1. The molecule has 0 amide bonds. The molecule has 2 aliphatic carbocycles. The maximum atomic E-state index is 9.61. The molecule has 0 saturated heterocycles. The minimum absolute atomic E-state index is 0.496. The highest BCUT2D eigenvalue weighted by Crippen LogP contribution is 2.65. The number of hydrogen-bond acceptors (Lipinski definition) is 1. The Morgan fingerprint density at radius 2 is 0.767 bits per heavy atom. The van der Waals surface area contributed by atoms with Crippen LogP contribution in [-0.4, -0.2) is 0 Å². The summed E-state index contributed by atoms with van der Waals surface area (Å²) in [4.78, 5) is 0. The van der Waals surface area contributed by atoms with Gasteiger partial charge in [0.25, 0.3) is 0 Å². The SMILES string of the molecule is N#Cc1ccc(-c2c3ccccc3c(-c3cccc(C4(c5ccccc5)c5ccccc5C5(c6ccccc6)c6ccccc6-c6cccc4c65)c3)c3ccccc23)cc1. The van der Waals surface area contributed by atoms with E-state index in [9.17, 15) is 5.26 Å². The molecule has 1 heteroatoms. The van der Waals surface area contributed by atoms with Gasteiger partial charge in [0.05, 0.1) is 22.5 Å². The van der Waals surface area contributed by atoms with Gasteiger partial charge in [0.15, 0.2) is 0 Å². The van der Waals surface area contributed by atoms with E-state index < -0.39 is 10.8 Å². The van der Waals surface area contributed by atoms with E-state index in [1.54, 1.807) is 0 Å². The van der Waals surface area contributed by atoms with Crippen molar-refractivity contribution in [3.63, 3.8) is 0 Å². The molecule has 0 bridgehead atoms. The van der Waals surface area contributed by atoms with Crippen LogP contribution in [0.15, 0.2) is 224 Å². The van der Waals surface area contributed by atoms with Gasteiger partial charge in [-0.15, -0.1) is 0 Å². The van der Waals surface area contributed by atoms with E-state index in [0.29, 0.717) is 5.56 Å². The van der Waals surface area contributed by atoms with Crippen molar-refractivity contribution in [1.29, 1.82) is 5.26 Å². The number of hydrogen-bond donors (Lipinski definition) is 0. The van der Waals surface area contributed by atoms with Gasteiger partial charge >= 0.3 is 0 Å². The summed E-state index contributed by atoms with van der Waals surface area (Å²) in [5, 5.41) is 14.4. The van der Waals surface area contributed by atoms with Gasteiger partial charge in [-0.2, -0.15) is 5.26 Å². The van der Waals surface area contributed by atoms with Crippen LogP contribution in [0, 0.1) is 11.3 Å². The molecule has 0 fully saturated rings. The summed E-state index contributed by atoms with van der Waals surface area (Å²) in [7, 11) is 0. The topological polar surface area (TPSA) is 23.8 Å². The quantitative estimate of drug-likeness (QED) is 0.160. The van der Waals surface area contributed by atoms with Crippen LogP contribution in [0.4, 0.5) is 0 Å².